The molecule has 8 nitrogen and oxygen atoms in total. The van der Waals surface area contributed by atoms with Crippen molar-refractivity contribution in [3.8, 4) is 0 Å². The van der Waals surface area contributed by atoms with E-state index in [1.807, 2.05) is 48.5 Å². The average Bonchev–Trinajstić information content (AvgIpc) is 2.87. The molecule has 0 aromatic heterocycles. The number of hydrazine groups is 1. The van der Waals surface area contributed by atoms with Gasteiger partial charge >= 0.3 is 6.03 Å². The lowest BCUT2D eigenvalue weighted by Gasteiger charge is -2.34. The predicted molar refractivity (Wildman–Crippen MR) is 139 cm³/mol. The monoisotopic (exact) mass is 508 g/mol. The summed E-state index contributed by atoms with van der Waals surface area (Å²) in [4.78, 5) is 29.0. The van der Waals surface area contributed by atoms with Crippen LogP contribution in [0.3, 0.4) is 0 Å². The first-order valence-corrected chi connectivity index (χ1v) is 13.6. The van der Waals surface area contributed by atoms with Crippen molar-refractivity contribution in [2.24, 2.45) is 5.92 Å². The van der Waals surface area contributed by atoms with Gasteiger partial charge in [-0.3, -0.25) is 4.79 Å². The van der Waals surface area contributed by atoms with E-state index in [1.165, 1.54) is 11.9 Å². The van der Waals surface area contributed by atoms with Gasteiger partial charge in [-0.2, -0.15) is 0 Å². The summed E-state index contributed by atoms with van der Waals surface area (Å²) in [5.74, 6) is 0.419. The summed E-state index contributed by atoms with van der Waals surface area (Å²) in [6.45, 7) is 5.26. The predicted octanol–water partition coefficient (Wildman–Crippen LogP) is 4.02. The van der Waals surface area contributed by atoms with Gasteiger partial charge in [0.05, 0.1) is 11.4 Å². The molecule has 1 heterocycles. The van der Waals surface area contributed by atoms with Crippen LogP contribution in [0.15, 0.2) is 71.6 Å². The quantitative estimate of drug-likeness (QED) is 0.471. The van der Waals surface area contributed by atoms with E-state index in [4.69, 9.17) is 0 Å². The molecule has 9 heteroatoms. The molecule has 0 unspecified atom stereocenters. The number of carbonyl (C=O) groups excluding carboxylic acids is 2. The van der Waals surface area contributed by atoms with Crippen molar-refractivity contribution in [3.63, 3.8) is 0 Å². The van der Waals surface area contributed by atoms with Gasteiger partial charge in [-0.25, -0.2) is 18.2 Å². The van der Waals surface area contributed by atoms with Gasteiger partial charge in [0.25, 0.3) is 10.0 Å². The van der Waals surface area contributed by atoms with Crippen LogP contribution in [-0.2, 0) is 27.9 Å². The molecule has 4 rings (SSSR count). The smallest absolute Gasteiger partial charge is 0.335 e. The van der Waals surface area contributed by atoms with Crippen LogP contribution in [0, 0.1) is 5.92 Å². The molecule has 0 bridgehead atoms. The molecule has 1 fully saturated rings. The van der Waals surface area contributed by atoms with Crippen LogP contribution in [0.2, 0.25) is 0 Å². The van der Waals surface area contributed by atoms with Crippen LogP contribution < -0.4 is 10.1 Å². The van der Waals surface area contributed by atoms with Gasteiger partial charge in [0.15, 0.2) is 0 Å². The molecule has 190 valence electrons. The maximum absolute atomic E-state index is 13.5. The zero-order chi connectivity index (χ0) is 25.7. The highest BCUT2D eigenvalue weighted by atomic mass is 32.2. The lowest BCUT2D eigenvalue weighted by molar-refractivity contribution is -0.119. The minimum absolute atomic E-state index is 0.0676. The molecule has 0 radical (unpaired) electrons. The number of carbonyl (C=O) groups is 2. The molecular weight excluding hydrogens is 476 g/mol. The lowest BCUT2D eigenvalue weighted by Crippen LogP contribution is -2.53. The summed E-state index contributed by atoms with van der Waals surface area (Å²) < 4.78 is 26.7. The van der Waals surface area contributed by atoms with Crippen LogP contribution in [0.1, 0.15) is 37.8 Å². The maximum atomic E-state index is 13.5. The third-order valence-corrected chi connectivity index (χ3v) is 7.79. The van der Waals surface area contributed by atoms with Gasteiger partial charge in [-0.15, -0.1) is 4.83 Å². The Balaban J connectivity index is 1.57. The Bertz CT molecular complexity index is 1330. The molecule has 3 aromatic rings. The van der Waals surface area contributed by atoms with Gasteiger partial charge in [0.1, 0.15) is 0 Å². The summed E-state index contributed by atoms with van der Waals surface area (Å²) in [5, 5.41) is 5.67. The zero-order valence-electron chi connectivity index (χ0n) is 20.6. The largest absolute Gasteiger partial charge is 0.352 e. The maximum Gasteiger partial charge on any atom is 0.335 e. The second-order valence-electron chi connectivity index (χ2n) is 9.37. The van der Waals surface area contributed by atoms with Crippen molar-refractivity contribution in [2.45, 2.75) is 44.7 Å². The van der Waals surface area contributed by atoms with Crippen molar-refractivity contribution in [3.05, 3.63) is 77.9 Å². The summed E-state index contributed by atoms with van der Waals surface area (Å²) in [7, 11) is -4.01. The Labute approximate surface area is 212 Å². The van der Waals surface area contributed by atoms with Gasteiger partial charge in [-0.05, 0) is 52.8 Å². The number of nitrogens with zero attached hydrogens (tertiary/aromatic N) is 2. The fourth-order valence-corrected chi connectivity index (χ4v) is 5.28. The molecule has 36 heavy (non-hydrogen) atoms. The van der Waals surface area contributed by atoms with Crippen LogP contribution in [0.4, 0.5) is 4.79 Å². The highest BCUT2D eigenvalue weighted by Gasteiger charge is 2.29. The average molecular weight is 509 g/mol. The number of likely N-dealkylation sites (tertiary alicyclic amines) is 1. The molecule has 2 N–H and O–H groups in total. The number of piperidine rings is 1. The van der Waals surface area contributed by atoms with Crippen LogP contribution in [0.25, 0.3) is 10.8 Å². The van der Waals surface area contributed by atoms with Gasteiger partial charge in [0.2, 0.25) is 5.91 Å². The van der Waals surface area contributed by atoms with E-state index in [-0.39, 0.29) is 23.4 Å². The number of benzene rings is 3. The van der Waals surface area contributed by atoms with Crippen molar-refractivity contribution in [2.75, 3.05) is 13.1 Å². The summed E-state index contributed by atoms with van der Waals surface area (Å²) in [6, 6.07) is 19.5. The molecular formula is C27H32N4O4S. The van der Waals surface area contributed by atoms with E-state index >= 15 is 0 Å². The number of sulfonamides is 1. The normalized spacial score (nSPS) is 14.6. The number of urea groups is 1. The number of hydrogen-bond donors (Lipinski definition) is 2. The number of nitrogens with one attached hydrogen (secondary N) is 2. The van der Waals surface area contributed by atoms with Crippen molar-refractivity contribution in [1.82, 2.24) is 20.1 Å². The lowest BCUT2D eigenvalue weighted by atomic mass is 10.00. The van der Waals surface area contributed by atoms with Crippen LogP contribution >= 0.6 is 0 Å². The van der Waals surface area contributed by atoms with E-state index in [0.717, 1.165) is 34.7 Å². The second kappa shape index (κ2) is 11.1. The second-order valence-corrected chi connectivity index (χ2v) is 11.0. The summed E-state index contributed by atoms with van der Waals surface area (Å²) in [5.41, 5.74) is 1.68. The molecule has 1 aliphatic rings. The first-order chi connectivity index (χ1) is 17.2. The zero-order valence-corrected chi connectivity index (χ0v) is 21.4. The molecule has 0 spiro atoms. The van der Waals surface area contributed by atoms with Gasteiger partial charge in [-0.1, -0.05) is 61.5 Å². The van der Waals surface area contributed by atoms with Crippen molar-refractivity contribution < 1.29 is 18.0 Å². The Morgan fingerprint density at radius 1 is 0.944 bits per heavy atom. The Hall–Kier alpha value is -3.43. The molecule has 0 aliphatic carbocycles. The van der Waals surface area contributed by atoms with Gasteiger partial charge in [0, 0.05) is 26.6 Å². The summed E-state index contributed by atoms with van der Waals surface area (Å²) in [6.07, 6.45) is 1.77. The Kier molecular flexibility index (Phi) is 7.91. The molecule has 3 aromatic carbocycles. The molecule has 0 atom stereocenters. The summed E-state index contributed by atoms with van der Waals surface area (Å²) >= 11 is 0. The molecule has 1 saturated heterocycles. The van der Waals surface area contributed by atoms with Crippen molar-refractivity contribution >= 4 is 32.7 Å². The van der Waals surface area contributed by atoms with E-state index in [1.54, 1.807) is 23.1 Å². The van der Waals surface area contributed by atoms with E-state index in [2.05, 4.69) is 17.1 Å². The fraction of sp³-hybridized carbons (Fsp3) is 0.333. The number of rotatable bonds is 7. The van der Waals surface area contributed by atoms with Gasteiger partial charge < -0.3 is 10.2 Å². The molecule has 1 aliphatic heterocycles. The minimum Gasteiger partial charge on any atom is -0.352 e. The standard InChI is InChI=1S/C27H32N4O4S/c1-20-13-15-30(16-14-20)27(33)31(19-23-9-7-22(8-10-23)18-28-21(2)32)29-36(34,35)26-12-11-24-5-3-4-6-25(24)17-26/h3-12,17,20,29H,13-16,18-19H2,1-2H3,(H,28,32). The number of hydrogen-bond acceptors (Lipinski definition) is 4. The topological polar surface area (TPSA) is 98.8 Å². The van der Waals surface area contributed by atoms with Crippen LogP contribution in [-0.4, -0.2) is 43.4 Å². The van der Waals surface area contributed by atoms with E-state index in [9.17, 15) is 18.0 Å². The van der Waals surface area contributed by atoms with Crippen LogP contribution in [0.5, 0.6) is 0 Å². The Morgan fingerprint density at radius 2 is 1.58 bits per heavy atom. The molecule has 3 amide bonds. The van der Waals surface area contributed by atoms with Crippen molar-refractivity contribution in [1.29, 1.82) is 0 Å². The SMILES string of the molecule is CC(=O)NCc1ccc(CN(NS(=O)(=O)c2ccc3ccccc3c2)C(=O)N2CCC(C)CC2)cc1. The van der Waals surface area contributed by atoms with E-state index in [0.29, 0.717) is 25.6 Å². The minimum atomic E-state index is -4.01. The Morgan fingerprint density at radius 3 is 2.25 bits per heavy atom. The number of fused-ring (bicyclic) bond motifs is 1. The first kappa shape index (κ1) is 25.7. The van der Waals surface area contributed by atoms with E-state index < -0.39 is 10.0 Å². The molecule has 0 saturated carbocycles. The third-order valence-electron chi connectivity index (χ3n) is 6.45. The third kappa shape index (κ3) is 6.41. The fourth-order valence-electron chi connectivity index (χ4n) is 4.21. The number of amides is 3. The highest BCUT2D eigenvalue weighted by molar-refractivity contribution is 7.89. The highest BCUT2D eigenvalue weighted by Crippen LogP contribution is 2.21. The first-order valence-electron chi connectivity index (χ1n) is 12.1.